The summed E-state index contributed by atoms with van der Waals surface area (Å²) in [6.07, 6.45) is 1.37. The third kappa shape index (κ3) is 2.43. The standard InChI is InChI=1S/C17H13NO3/c1-21-12-6-4-5-11(9-12)16(19)10-14-13-7-2-3-8-15(13)18-17(14)20/h2-10H,1H3,(H,18,20). The number of carbonyl (C=O) groups excluding carboxylic acids is 2. The Morgan fingerprint density at radius 3 is 2.76 bits per heavy atom. The number of allylic oxidation sites excluding steroid dienone is 1. The summed E-state index contributed by atoms with van der Waals surface area (Å²) in [7, 11) is 1.54. The zero-order valence-electron chi connectivity index (χ0n) is 11.4. The highest BCUT2D eigenvalue weighted by molar-refractivity contribution is 6.35. The van der Waals surface area contributed by atoms with Crippen molar-refractivity contribution in [3.8, 4) is 5.75 Å². The smallest absolute Gasteiger partial charge is 0.256 e. The Hall–Kier alpha value is -2.88. The zero-order valence-corrected chi connectivity index (χ0v) is 11.4. The van der Waals surface area contributed by atoms with Crippen LogP contribution in [-0.2, 0) is 4.79 Å². The van der Waals surface area contributed by atoms with E-state index in [-0.39, 0.29) is 11.7 Å². The van der Waals surface area contributed by atoms with Crippen LogP contribution in [0.1, 0.15) is 15.9 Å². The minimum Gasteiger partial charge on any atom is -0.497 e. The van der Waals surface area contributed by atoms with Crippen LogP contribution in [0.3, 0.4) is 0 Å². The van der Waals surface area contributed by atoms with Crippen molar-refractivity contribution in [3.05, 3.63) is 65.7 Å². The van der Waals surface area contributed by atoms with Gasteiger partial charge >= 0.3 is 0 Å². The zero-order chi connectivity index (χ0) is 14.8. The van der Waals surface area contributed by atoms with E-state index in [1.165, 1.54) is 6.08 Å². The molecule has 0 aliphatic carbocycles. The van der Waals surface area contributed by atoms with Crippen molar-refractivity contribution in [1.29, 1.82) is 0 Å². The number of hydrogen-bond acceptors (Lipinski definition) is 3. The number of carbonyl (C=O) groups is 2. The maximum Gasteiger partial charge on any atom is 0.256 e. The highest BCUT2D eigenvalue weighted by atomic mass is 16.5. The molecule has 2 aromatic carbocycles. The molecule has 1 aliphatic heterocycles. The summed E-state index contributed by atoms with van der Waals surface area (Å²) >= 11 is 0. The predicted octanol–water partition coefficient (Wildman–Crippen LogP) is 2.91. The fourth-order valence-corrected chi connectivity index (χ4v) is 2.27. The van der Waals surface area contributed by atoms with Gasteiger partial charge in [-0.25, -0.2) is 0 Å². The summed E-state index contributed by atoms with van der Waals surface area (Å²) in [5, 5.41) is 2.74. The van der Waals surface area contributed by atoms with Gasteiger partial charge < -0.3 is 10.1 Å². The molecule has 0 saturated heterocycles. The van der Waals surface area contributed by atoms with Gasteiger partial charge in [0.1, 0.15) is 5.75 Å². The number of benzene rings is 2. The Labute approximate surface area is 122 Å². The molecule has 0 bridgehead atoms. The van der Waals surface area contributed by atoms with Crippen molar-refractivity contribution in [2.45, 2.75) is 0 Å². The molecule has 0 atom stereocenters. The molecule has 1 amide bonds. The predicted molar refractivity (Wildman–Crippen MR) is 80.4 cm³/mol. The lowest BCUT2D eigenvalue weighted by Crippen LogP contribution is -2.06. The second kappa shape index (κ2) is 5.25. The Balaban J connectivity index is 1.98. The molecule has 21 heavy (non-hydrogen) atoms. The van der Waals surface area contributed by atoms with E-state index in [4.69, 9.17) is 4.74 Å². The summed E-state index contributed by atoms with van der Waals surface area (Å²) < 4.78 is 5.10. The van der Waals surface area contributed by atoms with Gasteiger partial charge in [0.15, 0.2) is 5.78 Å². The van der Waals surface area contributed by atoms with Gasteiger partial charge in [0.25, 0.3) is 5.91 Å². The van der Waals surface area contributed by atoms with Gasteiger partial charge in [-0.05, 0) is 24.3 Å². The van der Waals surface area contributed by atoms with Crippen molar-refractivity contribution < 1.29 is 14.3 Å². The maximum atomic E-state index is 12.3. The van der Waals surface area contributed by atoms with Gasteiger partial charge in [-0.15, -0.1) is 0 Å². The first-order valence-corrected chi connectivity index (χ1v) is 6.50. The highest BCUT2D eigenvalue weighted by Crippen LogP contribution is 2.31. The fourth-order valence-electron chi connectivity index (χ4n) is 2.27. The van der Waals surface area contributed by atoms with Gasteiger partial charge in [0.05, 0.1) is 12.7 Å². The van der Waals surface area contributed by atoms with Crippen LogP contribution >= 0.6 is 0 Å². The minimum absolute atomic E-state index is 0.226. The topological polar surface area (TPSA) is 55.4 Å². The van der Waals surface area contributed by atoms with E-state index in [1.54, 1.807) is 31.4 Å². The van der Waals surface area contributed by atoms with Crippen molar-refractivity contribution in [3.63, 3.8) is 0 Å². The van der Waals surface area contributed by atoms with E-state index in [1.807, 2.05) is 24.3 Å². The maximum absolute atomic E-state index is 12.3. The quantitative estimate of drug-likeness (QED) is 0.694. The summed E-state index contributed by atoms with van der Waals surface area (Å²) in [6.45, 7) is 0. The summed E-state index contributed by atoms with van der Waals surface area (Å²) in [4.78, 5) is 24.3. The molecule has 1 heterocycles. The number of ketones is 1. The van der Waals surface area contributed by atoms with E-state index in [9.17, 15) is 9.59 Å². The highest BCUT2D eigenvalue weighted by Gasteiger charge is 2.24. The van der Waals surface area contributed by atoms with Crippen LogP contribution in [0, 0.1) is 0 Å². The molecule has 3 rings (SSSR count). The first-order chi connectivity index (χ1) is 10.2. The minimum atomic E-state index is -0.257. The van der Waals surface area contributed by atoms with Crippen molar-refractivity contribution in [1.82, 2.24) is 0 Å². The van der Waals surface area contributed by atoms with Gasteiger partial charge in [-0.1, -0.05) is 30.3 Å². The second-order valence-electron chi connectivity index (χ2n) is 4.65. The average molecular weight is 279 g/mol. The molecular weight excluding hydrogens is 266 g/mol. The number of rotatable bonds is 3. The third-order valence-corrected chi connectivity index (χ3v) is 3.34. The van der Waals surface area contributed by atoms with E-state index in [0.29, 0.717) is 16.9 Å². The molecule has 1 N–H and O–H groups in total. The van der Waals surface area contributed by atoms with E-state index in [0.717, 1.165) is 11.3 Å². The monoisotopic (exact) mass is 279 g/mol. The third-order valence-electron chi connectivity index (χ3n) is 3.34. The average Bonchev–Trinajstić information content (AvgIpc) is 2.83. The molecule has 0 radical (unpaired) electrons. The fraction of sp³-hybridized carbons (Fsp3) is 0.0588. The second-order valence-corrected chi connectivity index (χ2v) is 4.65. The molecule has 0 saturated carbocycles. The Morgan fingerprint density at radius 1 is 1.14 bits per heavy atom. The lowest BCUT2D eigenvalue weighted by molar-refractivity contribution is -0.110. The van der Waals surface area contributed by atoms with Gasteiger partial charge in [0, 0.05) is 16.8 Å². The van der Waals surface area contributed by atoms with Crippen LogP contribution in [0.5, 0.6) is 5.75 Å². The van der Waals surface area contributed by atoms with E-state index < -0.39 is 0 Å². The van der Waals surface area contributed by atoms with Crippen LogP contribution in [0.25, 0.3) is 5.57 Å². The molecule has 4 nitrogen and oxygen atoms in total. The van der Waals surface area contributed by atoms with Gasteiger partial charge in [-0.3, -0.25) is 9.59 Å². The Kier molecular flexibility index (Phi) is 3.28. The first kappa shape index (κ1) is 13.1. The van der Waals surface area contributed by atoms with E-state index in [2.05, 4.69) is 5.32 Å². The molecule has 104 valence electrons. The largest absolute Gasteiger partial charge is 0.497 e. The lowest BCUT2D eigenvalue weighted by Gasteiger charge is -2.02. The SMILES string of the molecule is COc1cccc(C(=O)C=C2C(=O)Nc3ccccc32)c1. The number of para-hydroxylation sites is 1. The molecule has 0 unspecified atom stereocenters. The van der Waals surface area contributed by atoms with Crippen molar-refractivity contribution in [2.75, 3.05) is 12.4 Å². The molecule has 0 fully saturated rings. The van der Waals surface area contributed by atoms with Crippen LogP contribution in [0.15, 0.2) is 54.6 Å². The van der Waals surface area contributed by atoms with Gasteiger partial charge in [0.2, 0.25) is 0 Å². The van der Waals surface area contributed by atoms with Crippen LogP contribution in [0.2, 0.25) is 0 Å². The number of fused-ring (bicyclic) bond motifs is 1. The number of amides is 1. The molecule has 1 aliphatic rings. The molecule has 2 aromatic rings. The molecular formula is C17H13NO3. The summed E-state index contributed by atoms with van der Waals surface area (Å²) in [5.74, 6) is 0.124. The Morgan fingerprint density at radius 2 is 1.95 bits per heavy atom. The van der Waals surface area contributed by atoms with Crippen LogP contribution in [0.4, 0.5) is 5.69 Å². The number of anilines is 1. The number of methoxy groups -OCH3 is 1. The molecule has 0 spiro atoms. The Bertz CT molecular complexity index is 762. The van der Waals surface area contributed by atoms with Crippen LogP contribution in [-0.4, -0.2) is 18.8 Å². The van der Waals surface area contributed by atoms with Crippen molar-refractivity contribution in [2.24, 2.45) is 0 Å². The summed E-state index contributed by atoms with van der Waals surface area (Å²) in [5.41, 5.74) is 2.35. The molecule has 0 aromatic heterocycles. The number of nitrogens with one attached hydrogen (secondary N) is 1. The first-order valence-electron chi connectivity index (χ1n) is 6.50. The molecule has 4 heteroatoms. The summed E-state index contributed by atoms with van der Waals surface area (Å²) in [6, 6.07) is 14.2. The van der Waals surface area contributed by atoms with Crippen LogP contribution < -0.4 is 10.1 Å². The normalized spacial score (nSPS) is 14.7. The lowest BCUT2D eigenvalue weighted by atomic mass is 10.0. The number of hydrogen-bond donors (Lipinski definition) is 1. The van der Waals surface area contributed by atoms with Crippen molar-refractivity contribution >= 4 is 23.0 Å². The number of ether oxygens (including phenoxy) is 1. The van der Waals surface area contributed by atoms with Gasteiger partial charge in [-0.2, -0.15) is 0 Å². The van der Waals surface area contributed by atoms with E-state index >= 15 is 0 Å².